The molecule has 0 fully saturated rings. The predicted octanol–water partition coefficient (Wildman–Crippen LogP) is 4.17. The number of rotatable bonds is 10. The fourth-order valence-corrected chi connectivity index (χ4v) is 4.14. The van der Waals surface area contributed by atoms with Gasteiger partial charge in [0, 0.05) is 24.9 Å². The van der Waals surface area contributed by atoms with Crippen LogP contribution in [-0.4, -0.2) is 42.8 Å². The molecule has 3 rings (SSSR count). The molecule has 0 spiro atoms. The molecule has 3 N–H and O–H groups in total. The topological polar surface area (TPSA) is 105 Å². The van der Waals surface area contributed by atoms with Crippen molar-refractivity contribution in [3.63, 3.8) is 0 Å². The summed E-state index contributed by atoms with van der Waals surface area (Å²) in [6, 6.07) is 16.3. The van der Waals surface area contributed by atoms with Crippen LogP contribution in [0, 0.1) is 11.3 Å². The lowest BCUT2D eigenvalue weighted by molar-refractivity contribution is -0.139. The number of benzene rings is 2. The van der Waals surface area contributed by atoms with E-state index in [4.69, 9.17) is 9.84 Å². The van der Waals surface area contributed by atoms with Gasteiger partial charge >= 0.3 is 12.1 Å². The Morgan fingerprint density at radius 1 is 1.00 bits per heavy atom. The first-order valence-corrected chi connectivity index (χ1v) is 11.3. The Kier molecular flexibility index (Phi) is 7.74. The lowest BCUT2D eigenvalue weighted by atomic mass is 9.89. The maximum absolute atomic E-state index is 12.3. The van der Waals surface area contributed by atoms with Gasteiger partial charge in [0.1, 0.15) is 6.61 Å². The predicted molar refractivity (Wildman–Crippen MR) is 126 cm³/mol. The number of alkyl carbamates (subject to hydrolysis) is 1. The number of amides is 2. The number of hydrogen-bond donors (Lipinski definition) is 3. The Labute approximate surface area is 194 Å². The summed E-state index contributed by atoms with van der Waals surface area (Å²) in [7, 11) is 0. The van der Waals surface area contributed by atoms with Gasteiger partial charge in [-0.25, -0.2) is 4.79 Å². The van der Waals surface area contributed by atoms with Crippen LogP contribution in [0.1, 0.15) is 50.7 Å². The second-order valence-corrected chi connectivity index (χ2v) is 9.39. The monoisotopic (exact) mass is 452 g/mol. The highest BCUT2D eigenvalue weighted by Crippen LogP contribution is 2.44. The van der Waals surface area contributed by atoms with E-state index in [0.29, 0.717) is 13.0 Å². The first-order chi connectivity index (χ1) is 15.7. The molecule has 0 radical (unpaired) electrons. The SMILES string of the molecule is CC(CCNC(=O)OCC1c2ccccc2-c2ccccc21)C(=O)NCC(C)(C)CC(=O)O. The van der Waals surface area contributed by atoms with Gasteiger partial charge in [0.2, 0.25) is 5.91 Å². The number of ether oxygens (including phenoxy) is 1. The number of carbonyl (C=O) groups is 3. The zero-order valence-electron chi connectivity index (χ0n) is 19.4. The Bertz CT molecular complexity index is 972. The second kappa shape index (κ2) is 10.5. The van der Waals surface area contributed by atoms with Gasteiger partial charge < -0.3 is 20.5 Å². The van der Waals surface area contributed by atoms with E-state index < -0.39 is 17.5 Å². The van der Waals surface area contributed by atoms with E-state index >= 15 is 0 Å². The van der Waals surface area contributed by atoms with Crippen molar-refractivity contribution in [2.45, 2.75) is 39.5 Å². The summed E-state index contributed by atoms with van der Waals surface area (Å²) in [6.45, 7) is 6.20. The summed E-state index contributed by atoms with van der Waals surface area (Å²) in [5.74, 6) is -1.38. The van der Waals surface area contributed by atoms with E-state index in [1.165, 1.54) is 11.1 Å². The molecule has 0 saturated heterocycles. The van der Waals surface area contributed by atoms with Crippen molar-refractivity contribution in [2.75, 3.05) is 19.7 Å². The molecular formula is C26H32N2O5. The van der Waals surface area contributed by atoms with Gasteiger partial charge in [0.15, 0.2) is 0 Å². The van der Waals surface area contributed by atoms with Crippen molar-refractivity contribution in [1.82, 2.24) is 10.6 Å². The van der Waals surface area contributed by atoms with Crippen LogP contribution in [0.15, 0.2) is 48.5 Å². The van der Waals surface area contributed by atoms with Gasteiger partial charge in [0.05, 0.1) is 6.42 Å². The molecule has 0 saturated carbocycles. The summed E-state index contributed by atoms with van der Waals surface area (Å²) in [6.07, 6.45) is -0.0764. The van der Waals surface area contributed by atoms with E-state index in [0.717, 1.165) is 11.1 Å². The molecule has 2 amide bonds. The van der Waals surface area contributed by atoms with Crippen LogP contribution >= 0.6 is 0 Å². The molecule has 0 aromatic heterocycles. The van der Waals surface area contributed by atoms with Crippen LogP contribution in [0.4, 0.5) is 4.79 Å². The molecular weight excluding hydrogens is 420 g/mol. The molecule has 0 aliphatic heterocycles. The maximum Gasteiger partial charge on any atom is 0.407 e. The maximum atomic E-state index is 12.3. The van der Waals surface area contributed by atoms with E-state index in [1.54, 1.807) is 20.8 Å². The zero-order chi connectivity index (χ0) is 24.0. The lowest BCUT2D eigenvalue weighted by Crippen LogP contribution is -2.39. The molecule has 0 heterocycles. The first kappa shape index (κ1) is 24.3. The number of carbonyl (C=O) groups excluding carboxylic acids is 2. The zero-order valence-corrected chi connectivity index (χ0v) is 19.4. The summed E-state index contributed by atoms with van der Waals surface area (Å²) in [5.41, 5.74) is 4.13. The molecule has 176 valence electrons. The third kappa shape index (κ3) is 6.34. The van der Waals surface area contributed by atoms with E-state index in [-0.39, 0.29) is 37.3 Å². The van der Waals surface area contributed by atoms with E-state index in [2.05, 4.69) is 34.9 Å². The molecule has 1 atom stereocenters. The highest BCUT2D eigenvalue weighted by Gasteiger charge is 2.29. The summed E-state index contributed by atoms with van der Waals surface area (Å²) in [5, 5.41) is 14.5. The van der Waals surface area contributed by atoms with Crippen molar-refractivity contribution in [2.24, 2.45) is 11.3 Å². The molecule has 7 heteroatoms. The number of fused-ring (bicyclic) bond motifs is 3. The van der Waals surface area contributed by atoms with Crippen molar-refractivity contribution < 1.29 is 24.2 Å². The fraction of sp³-hybridized carbons (Fsp3) is 0.423. The van der Waals surface area contributed by atoms with E-state index in [9.17, 15) is 14.4 Å². The van der Waals surface area contributed by atoms with Crippen LogP contribution in [-0.2, 0) is 14.3 Å². The summed E-state index contributed by atoms with van der Waals surface area (Å²) >= 11 is 0. The minimum absolute atomic E-state index is 0.00186. The molecule has 1 aliphatic carbocycles. The van der Waals surface area contributed by atoms with Gasteiger partial charge in [-0.3, -0.25) is 9.59 Å². The lowest BCUT2D eigenvalue weighted by Gasteiger charge is -2.24. The highest BCUT2D eigenvalue weighted by molar-refractivity contribution is 5.79. The summed E-state index contributed by atoms with van der Waals surface area (Å²) in [4.78, 5) is 35.4. The Hall–Kier alpha value is -3.35. The minimum atomic E-state index is -0.894. The molecule has 0 bridgehead atoms. The van der Waals surface area contributed by atoms with Gasteiger partial charge in [-0.2, -0.15) is 0 Å². The quantitative estimate of drug-likeness (QED) is 0.502. The first-order valence-electron chi connectivity index (χ1n) is 11.3. The molecule has 2 aromatic carbocycles. The van der Waals surface area contributed by atoms with Gasteiger partial charge in [-0.1, -0.05) is 69.3 Å². The van der Waals surface area contributed by atoms with Crippen molar-refractivity contribution in [1.29, 1.82) is 0 Å². The largest absolute Gasteiger partial charge is 0.481 e. The standard InChI is InChI=1S/C26H32N2O5/c1-17(24(31)28-16-26(2,3)14-23(29)30)12-13-27-25(32)33-15-22-20-10-6-4-8-18(20)19-9-5-7-11-21(19)22/h4-11,17,22H,12-16H2,1-3H3,(H,27,32)(H,28,31)(H,29,30). The summed E-state index contributed by atoms with van der Waals surface area (Å²) < 4.78 is 5.50. The second-order valence-electron chi connectivity index (χ2n) is 9.39. The Morgan fingerprint density at radius 2 is 1.58 bits per heavy atom. The molecule has 33 heavy (non-hydrogen) atoms. The number of nitrogens with one attached hydrogen (secondary N) is 2. The third-order valence-corrected chi connectivity index (χ3v) is 6.01. The minimum Gasteiger partial charge on any atom is -0.481 e. The number of hydrogen-bond acceptors (Lipinski definition) is 4. The fourth-order valence-electron chi connectivity index (χ4n) is 4.14. The Balaban J connectivity index is 1.42. The van der Waals surface area contributed by atoms with E-state index in [1.807, 2.05) is 24.3 Å². The molecule has 7 nitrogen and oxygen atoms in total. The average Bonchev–Trinajstić information content (AvgIpc) is 3.09. The molecule has 2 aromatic rings. The molecule has 1 aliphatic rings. The number of carboxylic acids is 1. The van der Waals surface area contributed by atoms with Crippen LogP contribution in [0.2, 0.25) is 0 Å². The van der Waals surface area contributed by atoms with Crippen LogP contribution in [0.5, 0.6) is 0 Å². The third-order valence-electron chi connectivity index (χ3n) is 6.01. The van der Waals surface area contributed by atoms with Gasteiger partial charge in [-0.15, -0.1) is 0 Å². The average molecular weight is 453 g/mol. The van der Waals surface area contributed by atoms with Crippen molar-refractivity contribution in [3.05, 3.63) is 59.7 Å². The van der Waals surface area contributed by atoms with Crippen LogP contribution < -0.4 is 10.6 Å². The van der Waals surface area contributed by atoms with Crippen molar-refractivity contribution >= 4 is 18.0 Å². The highest BCUT2D eigenvalue weighted by atomic mass is 16.5. The van der Waals surface area contributed by atoms with Crippen molar-refractivity contribution in [3.8, 4) is 11.1 Å². The normalized spacial score (nSPS) is 13.5. The smallest absolute Gasteiger partial charge is 0.407 e. The number of aliphatic carboxylic acids is 1. The number of carboxylic acid groups (broad SMARTS) is 1. The molecule has 1 unspecified atom stereocenters. The Morgan fingerprint density at radius 3 is 2.15 bits per heavy atom. The van der Waals surface area contributed by atoms with Gasteiger partial charge in [-0.05, 0) is 34.1 Å². The van der Waals surface area contributed by atoms with Crippen LogP contribution in [0.3, 0.4) is 0 Å². The van der Waals surface area contributed by atoms with Crippen LogP contribution in [0.25, 0.3) is 11.1 Å². The van der Waals surface area contributed by atoms with Gasteiger partial charge in [0.25, 0.3) is 0 Å².